The first-order valence-electron chi connectivity index (χ1n) is 5.10. The summed E-state index contributed by atoms with van der Waals surface area (Å²) in [6, 6.07) is 0. The van der Waals surface area contributed by atoms with Crippen molar-refractivity contribution in [3.05, 3.63) is 0 Å². The summed E-state index contributed by atoms with van der Waals surface area (Å²) in [5.41, 5.74) is 0. The van der Waals surface area contributed by atoms with Gasteiger partial charge in [0.25, 0.3) is 0 Å². The molecule has 72 valence electrons. The Labute approximate surface area is 81.7 Å². The predicted molar refractivity (Wildman–Crippen MR) is 63.7 cm³/mol. The van der Waals surface area contributed by atoms with Crippen LogP contribution in [0.2, 0.25) is 0 Å². The summed E-state index contributed by atoms with van der Waals surface area (Å²) in [6.45, 7) is 4.85. The van der Waals surface area contributed by atoms with Crippen LogP contribution in [0.4, 0.5) is 0 Å². The van der Waals surface area contributed by atoms with Gasteiger partial charge in [-0.3, -0.25) is 0 Å². The Kier molecular flexibility index (Phi) is 4.49. The minimum Gasteiger partial charge on any atom is -0.137 e. The van der Waals surface area contributed by atoms with Gasteiger partial charge in [-0.05, 0) is 36.0 Å². The fraction of sp³-hybridized carbons (Fsp3) is 1.00. The van der Waals surface area contributed by atoms with Gasteiger partial charge in [0.1, 0.15) is 0 Å². The Morgan fingerprint density at radius 3 is 1.50 bits per heavy atom. The van der Waals surface area contributed by atoms with Crippen molar-refractivity contribution in [1.29, 1.82) is 0 Å². The largest absolute Gasteiger partial charge is 0.137 e. The molecule has 1 rings (SSSR count). The smallest absolute Gasteiger partial charge is 0.0320 e. The summed E-state index contributed by atoms with van der Waals surface area (Å²) in [6.07, 6.45) is 5.48. The lowest BCUT2D eigenvalue weighted by Gasteiger charge is -2.40. The highest BCUT2D eigenvalue weighted by Crippen LogP contribution is 2.40. The van der Waals surface area contributed by atoms with E-state index in [1.165, 1.54) is 25.2 Å². The van der Waals surface area contributed by atoms with Crippen LogP contribution in [0.1, 0.15) is 26.7 Å². The molecule has 6 unspecified atom stereocenters. The van der Waals surface area contributed by atoms with E-state index in [-0.39, 0.29) is 0 Å². The molecule has 0 amide bonds. The minimum atomic E-state index is 0.948. The first-order valence-corrected chi connectivity index (χ1v) is 6.74. The molecule has 0 spiro atoms. The molecule has 0 aliphatic heterocycles. The highest BCUT2D eigenvalue weighted by Gasteiger charge is 2.32. The van der Waals surface area contributed by atoms with Crippen molar-refractivity contribution in [2.75, 3.05) is 12.3 Å². The molecule has 1 fully saturated rings. The van der Waals surface area contributed by atoms with Crippen molar-refractivity contribution in [1.82, 2.24) is 0 Å². The van der Waals surface area contributed by atoms with E-state index in [4.69, 9.17) is 0 Å². The second kappa shape index (κ2) is 4.92. The minimum absolute atomic E-state index is 0.948. The van der Waals surface area contributed by atoms with Crippen LogP contribution in [0.15, 0.2) is 0 Å². The van der Waals surface area contributed by atoms with Crippen LogP contribution in [0.5, 0.6) is 0 Å². The van der Waals surface area contributed by atoms with Gasteiger partial charge in [0.05, 0.1) is 0 Å². The van der Waals surface area contributed by atoms with Gasteiger partial charge in [-0.25, -0.2) is 0 Å². The van der Waals surface area contributed by atoms with E-state index in [1.54, 1.807) is 0 Å². The molecule has 0 heterocycles. The monoisotopic (exact) mass is 204 g/mol. The van der Waals surface area contributed by atoms with Gasteiger partial charge >= 0.3 is 0 Å². The Morgan fingerprint density at radius 1 is 0.917 bits per heavy atom. The molecule has 0 aromatic rings. The van der Waals surface area contributed by atoms with Gasteiger partial charge in [0.15, 0.2) is 0 Å². The summed E-state index contributed by atoms with van der Waals surface area (Å²) >= 11 is 0. The first-order chi connectivity index (χ1) is 5.70. The molecular weight excluding hydrogens is 182 g/mol. The second-order valence-electron chi connectivity index (χ2n) is 4.33. The average molecular weight is 204 g/mol. The molecule has 0 aromatic carbocycles. The number of hydrogen-bond acceptors (Lipinski definition) is 0. The third-order valence-electron chi connectivity index (χ3n) is 3.63. The molecule has 0 nitrogen and oxygen atoms in total. The number of rotatable bonds is 2. The quantitative estimate of drug-likeness (QED) is 0.606. The normalized spacial score (nSPS) is 43.0. The van der Waals surface area contributed by atoms with Gasteiger partial charge < -0.3 is 0 Å². The van der Waals surface area contributed by atoms with E-state index in [0.29, 0.717) is 0 Å². The zero-order chi connectivity index (χ0) is 9.14. The molecular formula is C10H22P2. The highest BCUT2D eigenvalue weighted by molar-refractivity contribution is 7.16. The van der Waals surface area contributed by atoms with E-state index in [9.17, 15) is 0 Å². The van der Waals surface area contributed by atoms with Crippen molar-refractivity contribution < 1.29 is 0 Å². The van der Waals surface area contributed by atoms with E-state index < -0.39 is 0 Å². The Bertz CT molecular complexity index is 120. The van der Waals surface area contributed by atoms with Crippen LogP contribution in [0, 0.1) is 23.7 Å². The molecule has 0 radical (unpaired) electrons. The van der Waals surface area contributed by atoms with Crippen molar-refractivity contribution in [3.63, 3.8) is 0 Å². The summed E-state index contributed by atoms with van der Waals surface area (Å²) < 4.78 is 0. The van der Waals surface area contributed by atoms with Crippen molar-refractivity contribution in [3.8, 4) is 0 Å². The van der Waals surface area contributed by atoms with Gasteiger partial charge in [-0.15, -0.1) is 18.5 Å². The topological polar surface area (TPSA) is 0 Å². The van der Waals surface area contributed by atoms with Gasteiger partial charge in [0, 0.05) is 0 Å². The van der Waals surface area contributed by atoms with Crippen LogP contribution in [0.25, 0.3) is 0 Å². The van der Waals surface area contributed by atoms with Crippen LogP contribution in [-0.2, 0) is 0 Å². The zero-order valence-corrected chi connectivity index (χ0v) is 10.6. The molecule has 0 bridgehead atoms. The Hall–Kier alpha value is 0.860. The average Bonchev–Trinajstić information content (AvgIpc) is 2.08. The molecule has 6 atom stereocenters. The lowest BCUT2D eigenvalue weighted by molar-refractivity contribution is 0.144. The SMILES string of the molecule is CC1CCC(C)C(CP)C1CP. The second-order valence-corrected chi connectivity index (χ2v) is 5.27. The fourth-order valence-electron chi connectivity index (χ4n) is 2.61. The Balaban J connectivity index is 2.61. The maximum Gasteiger partial charge on any atom is -0.0320 e. The molecule has 2 heteroatoms. The van der Waals surface area contributed by atoms with Crippen LogP contribution in [-0.4, -0.2) is 12.3 Å². The van der Waals surface area contributed by atoms with Crippen molar-refractivity contribution in [2.24, 2.45) is 23.7 Å². The van der Waals surface area contributed by atoms with E-state index in [2.05, 4.69) is 32.3 Å². The lowest BCUT2D eigenvalue weighted by Crippen LogP contribution is -2.34. The van der Waals surface area contributed by atoms with Crippen LogP contribution >= 0.6 is 18.5 Å². The molecule has 0 aromatic heterocycles. The first kappa shape index (κ1) is 10.9. The predicted octanol–water partition coefficient (Wildman–Crippen LogP) is 3.04. The summed E-state index contributed by atoms with van der Waals surface area (Å²) in [5.74, 6) is 3.81. The van der Waals surface area contributed by atoms with E-state index >= 15 is 0 Å². The van der Waals surface area contributed by atoms with Crippen molar-refractivity contribution in [2.45, 2.75) is 26.7 Å². The highest BCUT2D eigenvalue weighted by atomic mass is 31.0. The lowest BCUT2D eigenvalue weighted by atomic mass is 9.69. The van der Waals surface area contributed by atoms with E-state index in [1.807, 2.05) is 0 Å². The van der Waals surface area contributed by atoms with Gasteiger partial charge in [-0.2, -0.15) is 0 Å². The van der Waals surface area contributed by atoms with Crippen molar-refractivity contribution >= 4 is 18.5 Å². The molecule has 1 aliphatic rings. The third kappa shape index (κ3) is 2.21. The summed E-state index contributed by atoms with van der Waals surface area (Å²) in [4.78, 5) is 0. The van der Waals surface area contributed by atoms with E-state index in [0.717, 1.165) is 23.7 Å². The summed E-state index contributed by atoms with van der Waals surface area (Å²) in [5, 5.41) is 0. The van der Waals surface area contributed by atoms with Crippen LogP contribution in [0.3, 0.4) is 0 Å². The van der Waals surface area contributed by atoms with Crippen LogP contribution < -0.4 is 0 Å². The van der Waals surface area contributed by atoms with Gasteiger partial charge in [-0.1, -0.05) is 26.7 Å². The summed E-state index contributed by atoms with van der Waals surface area (Å²) in [7, 11) is 5.86. The molecule has 0 saturated heterocycles. The number of hydrogen-bond donors (Lipinski definition) is 0. The third-order valence-corrected chi connectivity index (χ3v) is 4.72. The zero-order valence-electron chi connectivity index (χ0n) is 8.29. The Morgan fingerprint density at radius 2 is 1.25 bits per heavy atom. The van der Waals surface area contributed by atoms with Gasteiger partial charge in [0.2, 0.25) is 0 Å². The fourth-order valence-corrected chi connectivity index (χ4v) is 4.24. The maximum absolute atomic E-state index is 2.93. The molecule has 1 aliphatic carbocycles. The standard InChI is InChI=1S/C10H22P2/c1-7-3-4-8(2)10(6-12)9(7)5-11/h7-10H,3-6,11-12H2,1-2H3. The molecule has 0 N–H and O–H groups in total. The molecule has 1 saturated carbocycles. The maximum atomic E-state index is 2.93. The molecule has 12 heavy (non-hydrogen) atoms.